The van der Waals surface area contributed by atoms with Gasteiger partial charge >= 0.3 is 5.97 Å². The smallest absolute Gasteiger partial charge is 0.337 e. The van der Waals surface area contributed by atoms with Crippen LogP contribution in [-0.2, 0) is 37.5 Å². The SMILES string of the molecule is COC(=O)c1cccc(CN(Cc2ccccc2)Cc2cccc(CN(CCNCCCO)Cc3ccccc3)n2)c1. The Hall–Kier alpha value is -3.88. The lowest BCUT2D eigenvalue weighted by atomic mass is 10.1. The second kappa shape index (κ2) is 17.2. The molecular formula is C35H42N4O3. The number of methoxy groups -OCH3 is 1. The fourth-order valence-electron chi connectivity index (χ4n) is 4.97. The monoisotopic (exact) mass is 566 g/mol. The zero-order chi connectivity index (χ0) is 29.4. The van der Waals surface area contributed by atoms with Crippen LogP contribution in [0.3, 0.4) is 0 Å². The number of aliphatic hydroxyl groups excluding tert-OH is 1. The number of hydrogen-bond acceptors (Lipinski definition) is 7. The minimum atomic E-state index is -0.329. The number of rotatable bonds is 17. The van der Waals surface area contributed by atoms with E-state index in [1.807, 2.05) is 30.3 Å². The second-order valence-corrected chi connectivity index (χ2v) is 10.5. The van der Waals surface area contributed by atoms with Crippen LogP contribution in [0.25, 0.3) is 0 Å². The standard InChI is InChI=1S/C35H42N4O3/c1-42-35(41)32-16-8-15-31(23-32)26-39(25-30-13-6-3-7-14-30)28-34-18-9-17-33(37-34)27-38(21-20-36-19-10-22-40)24-29-11-4-2-5-12-29/h2-9,11-18,23,36,40H,10,19-22,24-28H2,1H3. The first-order valence-electron chi connectivity index (χ1n) is 14.6. The Morgan fingerprint density at radius 3 is 1.93 bits per heavy atom. The molecule has 0 spiro atoms. The molecule has 0 aliphatic heterocycles. The summed E-state index contributed by atoms with van der Waals surface area (Å²) in [5.74, 6) is -0.329. The molecule has 1 aromatic heterocycles. The first-order valence-corrected chi connectivity index (χ1v) is 14.6. The van der Waals surface area contributed by atoms with Crippen LogP contribution in [0.15, 0.2) is 103 Å². The molecule has 0 radical (unpaired) electrons. The van der Waals surface area contributed by atoms with Gasteiger partial charge in [0, 0.05) is 52.4 Å². The van der Waals surface area contributed by atoms with Crippen LogP contribution in [0.2, 0.25) is 0 Å². The van der Waals surface area contributed by atoms with Crippen molar-refractivity contribution in [1.82, 2.24) is 20.1 Å². The summed E-state index contributed by atoms with van der Waals surface area (Å²) in [7, 11) is 1.41. The van der Waals surface area contributed by atoms with Crippen molar-refractivity contribution in [1.29, 1.82) is 0 Å². The number of nitrogens with one attached hydrogen (secondary N) is 1. The Kier molecular flexibility index (Phi) is 12.7. The van der Waals surface area contributed by atoms with E-state index in [4.69, 9.17) is 14.8 Å². The molecule has 7 heteroatoms. The Morgan fingerprint density at radius 2 is 1.29 bits per heavy atom. The van der Waals surface area contributed by atoms with Crippen LogP contribution in [0.4, 0.5) is 0 Å². The normalized spacial score (nSPS) is 11.2. The van der Waals surface area contributed by atoms with Crippen molar-refractivity contribution >= 4 is 5.97 Å². The molecule has 0 fully saturated rings. The van der Waals surface area contributed by atoms with Gasteiger partial charge in [-0.15, -0.1) is 0 Å². The van der Waals surface area contributed by atoms with Gasteiger partial charge in [0.05, 0.1) is 24.1 Å². The fourth-order valence-corrected chi connectivity index (χ4v) is 4.97. The van der Waals surface area contributed by atoms with Crippen molar-refractivity contribution in [3.63, 3.8) is 0 Å². The second-order valence-electron chi connectivity index (χ2n) is 10.5. The van der Waals surface area contributed by atoms with Gasteiger partial charge in [-0.2, -0.15) is 0 Å². The van der Waals surface area contributed by atoms with E-state index in [-0.39, 0.29) is 12.6 Å². The molecule has 4 rings (SSSR count). The number of carbonyl (C=O) groups is 1. The van der Waals surface area contributed by atoms with Crippen molar-refractivity contribution < 1.29 is 14.6 Å². The zero-order valence-corrected chi connectivity index (χ0v) is 24.5. The van der Waals surface area contributed by atoms with E-state index in [0.29, 0.717) is 18.7 Å². The van der Waals surface area contributed by atoms with E-state index >= 15 is 0 Å². The number of pyridine rings is 1. The molecule has 42 heavy (non-hydrogen) atoms. The van der Waals surface area contributed by atoms with Crippen LogP contribution in [0, 0.1) is 0 Å². The topological polar surface area (TPSA) is 77.9 Å². The lowest BCUT2D eigenvalue weighted by molar-refractivity contribution is 0.0600. The number of esters is 1. The van der Waals surface area contributed by atoms with E-state index in [1.54, 1.807) is 6.07 Å². The van der Waals surface area contributed by atoms with E-state index in [2.05, 4.69) is 81.8 Å². The Morgan fingerprint density at radius 1 is 0.714 bits per heavy atom. The zero-order valence-electron chi connectivity index (χ0n) is 24.5. The highest BCUT2D eigenvalue weighted by Crippen LogP contribution is 2.16. The van der Waals surface area contributed by atoms with Crippen molar-refractivity contribution in [3.8, 4) is 0 Å². The maximum Gasteiger partial charge on any atom is 0.337 e. The Bertz CT molecular complexity index is 1350. The molecule has 0 atom stereocenters. The Labute approximate surface area is 249 Å². The Balaban J connectivity index is 1.48. The third-order valence-corrected chi connectivity index (χ3v) is 7.00. The fraction of sp³-hybridized carbons (Fsp3) is 0.314. The first-order chi connectivity index (χ1) is 20.6. The van der Waals surface area contributed by atoms with Crippen molar-refractivity contribution in [3.05, 3.63) is 137 Å². The molecule has 4 aromatic rings. The highest BCUT2D eigenvalue weighted by Gasteiger charge is 2.14. The molecule has 0 unspecified atom stereocenters. The average Bonchev–Trinajstić information content (AvgIpc) is 3.02. The molecule has 0 saturated heterocycles. The lowest BCUT2D eigenvalue weighted by Crippen LogP contribution is -2.32. The summed E-state index contributed by atoms with van der Waals surface area (Å²) in [4.78, 5) is 22.0. The minimum Gasteiger partial charge on any atom is -0.465 e. The summed E-state index contributed by atoms with van der Waals surface area (Å²) in [6.07, 6.45) is 0.759. The van der Waals surface area contributed by atoms with Gasteiger partial charge in [-0.25, -0.2) is 4.79 Å². The van der Waals surface area contributed by atoms with Gasteiger partial charge in [0.15, 0.2) is 0 Å². The lowest BCUT2D eigenvalue weighted by Gasteiger charge is -2.24. The number of ether oxygens (including phenoxy) is 1. The third-order valence-electron chi connectivity index (χ3n) is 7.00. The highest BCUT2D eigenvalue weighted by molar-refractivity contribution is 5.89. The number of aromatic nitrogens is 1. The van der Waals surface area contributed by atoms with Gasteiger partial charge in [0.2, 0.25) is 0 Å². The summed E-state index contributed by atoms with van der Waals surface area (Å²) in [5.41, 5.74) is 6.14. The summed E-state index contributed by atoms with van der Waals surface area (Å²) in [6.45, 7) is 6.42. The van der Waals surface area contributed by atoms with E-state index < -0.39 is 0 Å². The molecule has 2 N–H and O–H groups in total. The summed E-state index contributed by atoms with van der Waals surface area (Å²) in [6, 6.07) is 34.9. The summed E-state index contributed by atoms with van der Waals surface area (Å²) < 4.78 is 4.93. The van der Waals surface area contributed by atoms with E-state index in [0.717, 1.165) is 62.6 Å². The highest BCUT2D eigenvalue weighted by atomic mass is 16.5. The van der Waals surface area contributed by atoms with Crippen LogP contribution in [0.5, 0.6) is 0 Å². The quantitative estimate of drug-likeness (QED) is 0.137. The molecular weight excluding hydrogens is 524 g/mol. The molecule has 0 saturated carbocycles. The summed E-state index contributed by atoms with van der Waals surface area (Å²) in [5, 5.41) is 12.5. The maximum absolute atomic E-state index is 12.1. The van der Waals surface area contributed by atoms with Gasteiger partial charge in [-0.3, -0.25) is 14.8 Å². The molecule has 7 nitrogen and oxygen atoms in total. The predicted molar refractivity (Wildman–Crippen MR) is 167 cm³/mol. The number of aliphatic hydroxyl groups is 1. The number of carbonyl (C=O) groups excluding carboxylic acids is 1. The van der Waals surface area contributed by atoms with Crippen molar-refractivity contribution in [2.24, 2.45) is 0 Å². The van der Waals surface area contributed by atoms with Crippen LogP contribution < -0.4 is 5.32 Å². The van der Waals surface area contributed by atoms with Crippen molar-refractivity contribution in [2.45, 2.75) is 39.1 Å². The summed E-state index contributed by atoms with van der Waals surface area (Å²) >= 11 is 0. The largest absolute Gasteiger partial charge is 0.465 e. The third kappa shape index (κ3) is 10.5. The van der Waals surface area contributed by atoms with Gasteiger partial charge < -0.3 is 15.2 Å². The number of benzene rings is 3. The molecule has 0 bridgehead atoms. The number of nitrogens with zero attached hydrogens (tertiary/aromatic N) is 3. The average molecular weight is 567 g/mol. The molecule has 3 aromatic carbocycles. The van der Waals surface area contributed by atoms with E-state index in [9.17, 15) is 4.79 Å². The molecule has 220 valence electrons. The van der Waals surface area contributed by atoms with Gasteiger partial charge in [-0.1, -0.05) is 78.9 Å². The van der Waals surface area contributed by atoms with Gasteiger partial charge in [0.1, 0.15) is 0 Å². The van der Waals surface area contributed by atoms with Crippen LogP contribution in [-0.4, -0.2) is 59.2 Å². The van der Waals surface area contributed by atoms with E-state index in [1.165, 1.54) is 18.2 Å². The molecule has 0 amide bonds. The molecule has 1 heterocycles. The maximum atomic E-state index is 12.1. The van der Waals surface area contributed by atoms with Crippen LogP contribution in [0.1, 0.15) is 44.9 Å². The van der Waals surface area contributed by atoms with Gasteiger partial charge in [0.25, 0.3) is 0 Å². The predicted octanol–water partition coefficient (Wildman–Crippen LogP) is 5.04. The number of hydrogen-bond donors (Lipinski definition) is 2. The minimum absolute atomic E-state index is 0.204. The first kappa shape index (κ1) is 31.1. The molecule has 0 aliphatic rings. The van der Waals surface area contributed by atoms with Crippen molar-refractivity contribution in [2.75, 3.05) is 33.4 Å². The van der Waals surface area contributed by atoms with Crippen LogP contribution >= 0.6 is 0 Å². The van der Waals surface area contributed by atoms with Gasteiger partial charge in [-0.05, 0) is 53.9 Å². The molecule has 0 aliphatic carbocycles.